The number of allylic oxidation sites excluding steroid dienone is 29. The predicted octanol–water partition coefficient (Wildman–Crippen LogP) is 22.8. The maximum Gasteiger partial charge on any atom is 0.309 e. The van der Waals surface area contributed by atoms with Gasteiger partial charge in [-0.15, -0.1) is 0 Å². The third-order valence-electron chi connectivity index (χ3n) is 13.2. The van der Waals surface area contributed by atoms with Crippen molar-refractivity contribution in [3.05, 3.63) is 182 Å². The van der Waals surface area contributed by atoms with Crippen molar-refractivity contribution in [2.75, 3.05) is 13.2 Å². The van der Waals surface area contributed by atoms with Gasteiger partial charge in [0.2, 0.25) is 0 Å². The number of hydrogen-bond donors (Lipinski definition) is 0. The van der Waals surface area contributed by atoms with Gasteiger partial charge in [-0.1, -0.05) is 280 Å². The lowest BCUT2D eigenvalue weighted by Gasteiger charge is -2.18. The maximum absolute atomic E-state index is 12.9. The van der Waals surface area contributed by atoms with Crippen LogP contribution in [0, 0.1) is 0 Å². The zero-order valence-electron chi connectivity index (χ0n) is 52.4. The van der Waals surface area contributed by atoms with Gasteiger partial charge in [0.15, 0.2) is 6.10 Å². The fourth-order valence-electron chi connectivity index (χ4n) is 8.33. The Morgan fingerprint density at radius 1 is 0.268 bits per heavy atom. The van der Waals surface area contributed by atoms with Crippen LogP contribution in [0.2, 0.25) is 0 Å². The van der Waals surface area contributed by atoms with Crippen LogP contribution in [-0.4, -0.2) is 37.2 Å². The second-order valence-electron chi connectivity index (χ2n) is 20.9. The molecule has 0 radical (unpaired) electrons. The van der Waals surface area contributed by atoms with Crippen molar-refractivity contribution in [3.63, 3.8) is 0 Å². The molecule has 0 saturated heterocycles. The molecule has 0 aliphatic heterocycles. The minimum Gasteiger partial charge on any atom is -0.462 e. The van der Waals surface area contributed by atoms with Crippen LogP contribution in [0.1, 0.15) is 258 Å². The van der Waals surface area contributed by atoms with Crippen molar-refractivity contribution < 1.29 is 28.6 Å². The third-order valence-corrected chi connectivity index (χ3v) is 13.2. The Hall–Kier alpha value is -5.49. The number of ether oxygens (including phenoxy) is 3. The van der Waals surface area contributed by atoms with Gasteiger partial charge in [-0.2, -0.15) is 0 Å². The van der Waals surface area contributed by atoms with Gasteiger partial charge in [0.25, 0.3) is 0 Å². The van der Waals surface area contributed by atoms with Gasteiger partial charge in [0, 0.05) is 12.8 Å². The number of esters is 3. The average Bonchev–Trinajstić information content (AvgIpc) is 3.47. The molecule has 458 valence electrons. The first-order valence-corrected chi connectivity index (χ1v) is 32.8. The lowest BCUT2D eigenvalue weighted by Crippen LogP contribution is -2.30. The topological polar surface area (TPSA) is 78.9 Å². The summed E-state index contributed by atoms with van der Waals surface area (Å²) in [6, 6.07) is 0. The van der Waals surface area contributed by atoms with E-state index in [0.717, 1.165) is 154 Å². The van der Waals surface area contributed by atoms with Crippen molar-refractivity contribution in [2.24, 2.45) is 0 Å². The van der Waals surface area contributed by atoms with E-state index in [1.165, 1.54) is 64.2 Å². The van der Waals surface area contributed by atoms with Crippen LogP contribution >= 0.6 is 0 Å². The molecule has 6 nitrogen and oxygen atoms in total. The summed E-state index contributed by atoms with van der Waals surface area (Å²) in [6.07, 6.45) is 102. The molecule has 0 rings (SSSR count). The summed E-state index contributed by atoms with van der Waals surface area (Å²) in [5, 5.41) is 0. The minimum absolute atomic E-state index is 0.114. The van der Waals surface area contributed by atoms with E-state index in [9.17, 15) is 14.4 Å². The predicted molar refractivity (Wildman–Crippen MR) is 357 cm³/mol. The normalized spacial score (nSPS) is 13.4. The fourth-order valence-corrected chi connectivity index (χ4v) is 8.33. The Morgan fingerprint density at radius 2 is 0.524 bits per heavy atom. The van der Waals surface area contributed by atoms with E-state index in [1.54, 1.807) is 6.08 Å². The molecule has 0 aromatic rings. The smallest absolute Gasteiger partial charge is 0.309 e. The Morgan fingerprint density at radius 3 is 0.854 bits per heavy atom. The maximum atomic E-state index is 12.9. The fraction of sp³-hybridized carbons (Fsp3) is 0.566. The molecule has 0 aromatic heterocycles. The highest BCUT2D eigenvalue weighted by atomic mass is 16.6. The molecule has 82 heavy (non-hydrogen) atoms. The van der Waals surface area contributed by atoms with E-state index < -0.39 is 12.1 Å². The van der Waals surface area contributed by atoms with E-state index in [1.807, 2.05) is 6.08 Å². The largest absolute Gasteiger partial charge is 0.462 e. The molecule has 0 N–H and O–H groups in total. The molecule has 0 saturated carbocycles. The van der Waals surface area contributed by atoms with Gasteiger partial charge in [0.1, 0.15) is 13.2 Å². The zero-order valence-corrected chi connectivity index (χ0v) is 52.4. The van der Waals surface area contributed by atoms with Crippen LogP contribution in [0.3, 0.4) is 0 Å². The number of rotatable bonds is 57. The molecule has 0 aromatic carbocycles. The molecule has 1 unspecified atom stereocenters. The van der Waals surface area contributed by atoms with E-state index >= 15 is 0 Å². The first kappa shape index (κ1) is 76.5. The van der Waals surface area contributed by atoms with Crippen LogP contribution in [0.15, 0.2) is 182 Å². The second kappa shape index (κ2) is 68.0. The number of unbranched alkanes of at least 4 members (excludes halogenated alkanes) is 17. The monoisotopic (exact) mass is 1130 g/mol. The van der Waals surface area contributed by atoms with Crippen molar-refractivity contribution in [2.45, 2.75) is 264 Å². The molecule has 0 amide bonds. The molecule has 1 atom stereocenters. The summed E-state index contributed by atoms with van der Waals surface area (Å²) in [7, 11) is 0. The molecule has 0 bridgehead atoms. The molecular formula is C76H118O6. The van der Waals surface area contributed by atoms with Crippen molar-refractivity contribution in [3.8, 4) is 0 Å². The van der Waals surface area contributed by atoms with Gasteiger partial charge < -0.3 is 14.2 Å². The van der Waals surface area contributed by atoms with Gasteiger partial charge in [-0.05, 0) is 141 Å². The molecule has 0 spiro atoms. The minimum atomic E-state index is -0.840. The number of hydrogen-bond acceptors (Lipinski definition) is 6. The molecule has 0 aliphatic carbocycles. The first-order valence-electron chi connectivity index (χ1n) is 32.8. The third kappa shape index (κ3) is 65.3. The van der Waals surface area contributed by atoms with Gasteiger partial charge >= 0.3 is 17.9 Å². The summed E-state index contributed by atoms with van der Waals surface area (Å²) in [4.78, 5) is 38.3. The quantitative estimate of drug-likeness (QED) is 0.0261. The van der Waals surface area contributed by atoms with E-state index in [2.05, 4.69) is 191 Å². The zero-order chi connectivity index (χ0) is 59.2. The Kier molecular flexibility index (Phi) is 63.5. The Labute approximate surface area is 504 Å². The summed E-state index contributed by atoms with van der Waals surface area (Å²) >= 11 is 0. The lowest BCUT2D eigenvalue weighted by molar-refractivity contribution is -0.166. The first-order chi connectivity index (χ1) is 40.5. The van der Waals surface area contributed by atoms with E-state index in [-0.39, 0.29) is 38.0 Å². The summed E-state index contributed by atoms with van der Waals surface area (Å²) in [6.45, 7) is 6.28. The molecule has 6 heteroatoms. The van der Waals surface area contributed by atoms with E-state index in [4.69, 9.17) is 14.2 Å². The average molecular weight is 1130 g/mol. The summed E-state index contributed by atoms with van der Waals surface area (Å²) in [5.74, 6) is -1.09. The van der Waals surface area contributed by atoms with Crippen LogP contribution < -0.4 is 0 Å². The number of carbonyl (C=O) groups is 3. The van der Waals surface area contributed by atoms with Crippen LogP contribution in [0.4, 0.5) is 0 Å². The van der Waals surface area contributed by atoms with Crippen molar-refractivity contribution in [1.29, 1.82) is 0 Å². The standard InChI is InChI=1S/C76H118O6/c1-4-7-10-13-16-19-22-25-28-30-32-33-34-35-36-37-38-39-40-41-42-43-44-46-48-51-54-57-60-63-66-69-75(78)81-72-73(71-80-74(77)68-65-62-59-56-53-50-47-27-24-21-18-15-12-9-6-3)82-76(79)70-67-64-61-58-55-52-49-45-31-29-26-23-20-17-14-11-8-5-2/h7,9-10,12,16,18-21,23,25,27-29,31-33,35-36,38-39,41-42,44,46-47,53,56,62,65,73H,4-6,8,11,13-15,17,22,24,26,30,34,37,40,43,45,48-52,54-55,57-61,63-64,66-72H2,1-3H3/b10-7-,12-9-,19-16-,21-18-,23-20-,28-25-,31-29-,33-32-,36-35-,39-38-,42-41-,46-44-,47-27-,56-53-,65-62-. The second-order valence-corrected chi connectivity index (χ2v) is 20.9. The number of carbonyl (C=O) groups excluding carboxylic acids is 3. The van der Waals surface area contributed by atoms with Gasteiger partial charge in [-0.3, -0.25) is 14.4 Å². The lowest BCUT2D eigenvalue weighted by atomic mass is 10.1. The van der Waals surface area contributed by atoms with Crippen LogP contribution in [0.5, 0.6) is 0 Å². The highest BCUT2D eigenvalue weighted by Gasteiger charge is 2.19. The van der Waals surface area contributed by atoms with Crippen molar-refractivity contribution >= 4 is 17.9 Å². The van der Waals surface area contributed by atoms with Crippen LogP contribution in [-0.2, 0) is 28.6 Å². The molecular weight excluding hydrogens is 1010 g/mol. The van der Waals surface area contributed by atoms with E-state index in [0.29, 0.717) is 6.42 Å². The molecule has 0 aliphatic rings. The Bertz CT molecular complexity index is 1920. The molecule has 0 heterocycles. The van der Waals surface area contributed by atoms with Crippen molar-refractivity contribution in [1.82, 2.24) is 0 Å². The highest BCUT2D eigenvalue weighted by Crippen LogP contribution is 2.14. The van der Waals surface area contributed by atoms with Crippen LogP contribution in [0.25, 0.3) is 0 Å². The van der Waals surface area contributed by atoms with Gasteiger partial charge in [-0.25, -0.2) is 0 Å². The Balaban J connectivity index is 4.46. The van der Waals surface area contributed by atoms with Gasteiger partial charge in [0.05, 0.1) is 6.42 Å². The SMILES string of the molecule is CC/C=C\C/C=C\C/C=C\C/C=C\C/C=C\C/C=C\C/C=C\C/C=C\CCCCCCCCC(=O)OCC(COC(=O)C/C=C\C/C=C\C/C=C\C/C=C\C/C=C\CC)OC(=O)CCCCCCCCC/C=C\C/C=C\CCCCCC. The highest BCUT2D eigenvalue weighted by molar-refractivity contribution is 5.72. The molecule has 0 fully saturated rings. The summed E-state index contributed by atoms with van der Waals surface area (Å²) in [5.41, 5.74) is 0. The summed E-state index contributed by atoms with van der Waals surface area (Å²) < 4.78 is 16.8.